The van der Waals surface area contributed by atoms with Gasteiger partial charge in [-0.1, -0.05) is 49.9 Å². The number of benzene rings is 2. The summed E-state index contributed by atoms with van der Waals surface area (Å²) in [6, 6.07) is 17.8. The molecule has 1 N–H and O–H groups in total. The molecule has 2 heterocycles. The van der Waals surface area contributed by atoms with Crippen LogP contribution in [0.4, 0.5) is 0 Å². The van der Waals surface area contributed by atoms with Crippen LogP contribution in [-0.2, 0) is 22.8 Å². The summed E-state index contributed by atoms with van der Waals surface area (Å²) >= 11 is 0. The Hall–Kier alpha value is -2.83. The molecule has 0 unspecified atom stereocenters. The van der Waals surface area contributed by atoms with Gasteiger partial charge in [0, 0.05) is 35.7 Å². The minimum atomic E-state index is -3.37. The molecule has 5 nitrogen and oxygen atoms in total. The number of hydrogen-bond donors (Lipinski definition) is 1. The normalized spacial score (nSPS) is 13.9. The third-order valence-electron chi connectivity index (χ3n) is 5.19. The van der Waals surface area contributed by atoms with E-state index in [-0.39, 0.29) is 25.0 Å². The molecular weight excluding hydrogens is 396 g/mol. The molecule has 0 saturated heterocycles. The zero-order valence-electron chi connectivity index (χ0n) is 16.1. The van der Waals surface area contributed by atoms with Gasteiger partial charge in [0.1, 0.15) is 0 Å². The van der Waals surface area contributed by atoms with E-state index in [9.17, 15) is 13.5 Å². The lowest BCUT2D eigenvalue weighted by Gasteiger charge is -2.15. The molecule has 6 heteroatoms. The van der Waals surface area contributed by atoms with E-state index >= 15 is 0 Å². The van der Waals surface area contributed by atoms with E-state index in [0.29, 0.717) is 18.5 Å². The average Bonchev–Trinajstić information content (AvgIpc) is 3.16. The van der Waals surface area contributed by atoms with Crippen molar-refractivity contribution in [2.45, 2.75) is 26.3 Å². The Kier molecular flexibility index (Phi) is 6.48. The Labute approximate surface area is 178 Å². The third kappa shape index (κ3) is 4.50. The summed E-state index contributed by atoms with van der Waals surface area (Å²) in [5, 5.41) is 10.0. The highest BCUT2D eigenvalue weighted by Crippen LogP contribution is 2.29. The van der Waals surface area contributed by atoms with Crippen molar-refractivity contribution in [3.63, 3.8) is 0 Å². The van der Waals surface area contributed by atoms with Crippen LogP contribution < -0.4 is 0 Å². The number of fused-ring (bicyclic) bond motifs is 1. The number of aromatic nitrogens is 1. The van der Waals surface area contributed by atoms with E-state index in [1.807, 2.05) is 60.8 Å². The van der Waals surface area contributed by atoms with Crippen molar-refractivity contribution in [3.8, 4) is 11.1 Å². The van der Waals surface area contributed by atoms with Crippen LogP contribution in [0.15, 0.2) is 72.0 Å². The molecule has 1 atom stereocenters. The quantitative estimate of drug-likeness (QED) is 0.674. The molecule has 0 bridgehead atoms. The summed E-state index contributed by atoms with van der Waals surface area (Å²) in [6.07, 6.45) is 5.44. The molecule has 2 aromatic carbocycles. The highest BCUT2D eigenvalue weighted by atomic mass is 32.2. The first-order chi connectivity index (χ1) is 14.0. The van der Waals surface area contributed by atoms with E-state index in [0.717, 1.165) is 27.8 Å². The first-order valence-electron chi connectivity index (χ1n) is 9.43. The second-order valence-corrected chi connectivity index (χ2v) is 9.27. The first kappa shape index (κ1) is 21.9. The van der Waals surface area contributed by atoms with Crippen LogP contribution >= 0.6 is 0 Å². The van der Waals surface area contributed by atoms with Crippen LogP contribution in [0.3, 0.4) is 0 Å². The standard InChI is InChI=1S/C23H22N2O3S.CH4/c1-29(27,28)23-22-11-18(7-8-19(22)14-25-23)20-9-16(12-24-13-20)10-21(15-26)17-5-3-2-4-6-17;/h2-9,11-13,21,26H,10,14-15H2,1H3;1H4/t21-;/m0./s1. The van der Waals surface area contributed by atoms with Gasteiger partial charge in [0.2, 0.25) is 0 Å². The van der Waals surface area contributed by atoms with Crippen molar-refractivity contribution < 1.29 is 13.5 Å². The number of aliphatic hydroxyl groups is 1. The highest BCUT2D eigenvalue weighted by Gasteiger charge is 2.24. The number of hydrogen-bond acceptors (Lipinski definition) is 5. The first-order valence-corrected chi connectivity index (χ1v) is 11.3. The van der Waals surface area contributed by atoms with Crippen molar-refractivity contribution in [1.82, 2.24) is 4.98 Å². The highest BCUT2D eigenvalue weighted by molar-refractivity contribution is 8.06. The van der Waals surface area contributed by atoms with E-state index in [4.69, 9.17) is 0 Å². The second kappa shape index (κ2) is 8.90. The van der Waals surface area contributed by atoms with E-state index in [2.05, 4.69) is 9.98 Å². The van der Waals surface area contributed by atoms with E-state index in [1.54, 1.807) is 6.20 Å². The molecule has 0 spiro atoms. The summed E-state index contributed by atoms with van der Waals surface area (Å²) in [7, 11) is -3.37. The number of sulfone groups is 1. The van der Waals surface area contributed by atoms with Crippen LogP contribution in [-0.4, -0.2) is 36.4 Å². The summed E-state index contributed by atoms with van der Waals surface area (Å²) in [5.41, 5.74) is 5.51. The fourth-order valence-electron chi connectivity index (χ4n) is 3.71. The van der Waals surface area contributed by atoms with Crippen molar-refractivity contribution in [2.24, 2.45) is 4.99 Å². The van der Waals surface area contributed by atoms with Gasteiger partial charge < -0.3 is 5.11 Å². The van der Waals surface area contributed by atoms with Gasteiger partial charge in [0.25, 0.3) is 0 Å². The number of aliphatic imine (C=N–C) groups is 1. The van der Waals surface area contributed by atoms with Gasteiger partial charge in [-0.3, -0.25) is 9.98 Å². The summed E-state index contributed by atoms with van der Waals surface area (Å²) in [4.78, 5) is 8.57. The van der Waals surface area contributed by atoms with Crippen LogP contribution in [0.25, 0.3) is 11.1 Å². The topological polar surface area (TPSA) is 79.6 Å². The van der Waals surface area contributed by atoms with Gasteiger partial charge in [0.05, 0.1) is 13.2 Å². The number of nitrogens with zero attached hydrogens (tertiary/aromatic N) is 2. The molecule has 0 saturated carbocycles. The number of pyridine rings is 1. The van der Waals surface area contributed by atoms with E-state index in [1.165, 1.54) is 6.26 Å². The third-order valence-corrected chi connectivity index (χ3v) is 6.24. The predicted molar refractivity (Wildman–Crippen MR) is 121 cm³/mol. The zero-order valence-corrected chi connectivity index (χ0v) is 16.9. The fourth-order valence-corrected chi connectivity index (χ4v) is 4.60. The molecule has 0 fully saturated rings. The summed E-state index contributed by atoms with van der Waals surface area (Å²) < 4.78 is 24.0. The molecule has 1 aliphatic rings. The molecule has 1 aromatic heterocycles. The maximum Gasteiger partial charge on any atom is 0.192 e. The number of rotatable bonds is 5. The van der Waals surface area contributed by atoms with Gasteiger partial charge in [-0.25, -0.2) is 8.42 Å². The van der Waals surface area contributed by atoms with Gasteiger partial charge in [-0.2, -0.15) is 0 Å². The molecule has 0 aliphatic carbocycles. The molecule has 0 amide bonds. The Bertz CT molecular complexity index is 1170. The second-order valence-electron chi connectivity index (χ2n) is 7.34. The van der Waals surface area contributed by atoms with Crippen LogP contribution in [0, 0.1) is 0 Å². The Morgan fingerprint density at radius 1 is 1.03 bits per heavy atom. The Morgan fingerprint density at radius 3 is 2.50 bits per heavy atom. The monoisotopic (exact) mass is 422 g/mol. The Morgan fingerprint density at radius 2 is 1.80 bits per heavy atom. The van der Waals surface area contributed by atoms with Crippen LogP contribution in [0.2, 0.25) is 0 Å². The molecule has 1 aliphatic heterocycles. The van der Waals surface area contributed by atoms with Gasteiger partial charge in [-0.05, 0) is 40.8 Å². The molecular formula is C24H26N2O3S. The molecule has 3 aromatic rings. The van der Waals surface area contributed by atoms with Crippen LogP contribution in [0.1, 0.15) is 35.6 Å². The van der Waals surface area contributed by atoms with Crippen molar-refractivity contribution in [2.75, 3.05) is 12.9 Å². The van der Waals surface area contributed by atoms with Crippen molar-refractivity contribution >= 4 is 14.9 Å². The molecule has 156 valence electrons. The lowest BCUT2D eigenvalue weighted by Crippen LogP contribution is -2.12. The fraction of sp³-hybridized carbons (Fsp3) is 0.250. The van der Waals surface area contributed by atoms with Gasteiger partial charge in [0.15, 0.2) is 14.9 Å². The van der Waals surface area contributed by atoms with Crippen molar-refractivity contribution in [1.29, 1.82) is 0 Å². The van der Waals surface area contributed by atoms with Gasteiger partial charge in [-0.15, -0.1) is 0 Å². The molecule has 0 radical (unpaired) electrons. The van der Waals surface area contributed by atoms with Crippen LogP contribution in [0.5, 0.6) is 0 Å². The summed E-state index contributed by atoms with van der Waals surface area (Å²) in [6.45, 7) is 0.451. The SMILES string of the molecule is C.CS(=O)(=O)C1=NCc2ccc(-c3cncc(C[C@@H](CO)c4ccccc4)c3)cc21. The maximum atomic E-state index is 12.0. The van der Waals surface area contributed by atoms with Gasteiger partial charge >= 0.3 is 0 Å². The minimum absolute atomic E-state index is 0. The average molecular weight is 423 g/mol. The smallest absolute Gasteiger partial charge is 0.192 e. The Balaban J connectivity index is 0.00000256. The molecule has 4 rings (SSSR count). The lowest BCUT2D eigenvalue weighted by molar-refractivity contribution is 0.264. The molecule has 30 heavy (non-hydrogen) atoms. The predicted octanol–water partition coefficient (Wildman–Crippen LogP) is 4.01. The number of aliphatic hydroxyl groups excluding tert-OH is 1. The lowest BCUT2D eigenvalue weighted by atomic mass is 9.92. The zero-order chi connectivity index (χ0) is 20.4. The summed E-state index contributed by atoms with van der Waals surface area (Å²) in [5.74, 6) is -0.00255. The largest absolute Gasteiger partial charge is 0.396 e. The maximum absolute atomic E-state index is 12.0. The minimum Gasteiger partial charge on any atom is -0.396 e. The van der Waals surface area contributed by atoms with Crippen molar-refractivity contribution in [3.05, 3.63) is 89.2 Å². The van der Waals surface area contributed by atoms with E-state index < -0.39 is 9.84 Å².